The van der Waals surface area contributed by atoms with Gasteiger partial charge in [-0.15, -0.1) is 11.8 Å². The number of benzene rings is 1. The lowest BCUT2D eigenvalue weighted by molar-refractivity contribution is 0.682. The van der Waals surface area contributed by atoms with Gasteiger partial charge in [-0.3, -0.25) is 0 Å². The molecule has 0 heterocycles. The second-order valence-electron chi connectivity index (χ2n) is 5.65. The Morgan fingerprint density at radius 1 is 1.00 bits per heavy atom. The maximum Gasteiger partial charge on any atom is 0.00944 e. The Kier molecular flexibility index (Phi) is 4.27. The van der Waals surface area contributed by atoms with Gasteiger partial charge in [-0.1, -0.05) is 25.0 Å². The standard InChI is InChI=1S/C16H23NS/c1-2-4-15(3-1)18-16-9-5-13(6-10-16)11-12-17-14-7-8-14/h5-6,9-10,14-15,17H,1-4,7-8,11-12H2. The minimum Gasteiger partial charge on any atom is -0.314 e. The highest BCUT2D eigenvalue weighted by Gasteiger charge is 2.19. The Balaban J connectivity index is 1.45. The van der Waals surface area contributed by atoms with Crippen LogP contribution in [0.15, 0.2) is 29.2 Å². The van der Waals surface area contributed by atoms with Crippen molar-refractivity contribution in [3.8, 4) is 0 Å². The van der Waals surface area contributed by atoms with E-state index in [-0.39, 0.29) is 0 Å². The molecule has 0 aromatic heterocycles. The van der Waals surface area contributed by atoms with Gasteiger partial charge in [0, 0.05) is 16.2 Å². The second-order valence-corrected chi connectivity index (χ2v) is 7.02. The molecular weight excluding hydrogens is 238 g/mol. The molecule has 0 aliphatic heterocycles. The van der Waals surface area contributed by atoms with Crippen LogP contribution in [0.2, 0.25) is 0 Å². The Bertz CT molecular complexity index is 363. The van der Waals surface area contributed by atoms with Crippen LogP contribution in [0.3, 0.4) is 0 Å². The van der Waals surface area contributed by atoms with Crippen molar-refractivity contribution >= 4 is 11.8 Å². The Morgan fingerprint density at radius 2 is 1.72 bits per heavy atom. The summed E-state index contributed by atoms with van der Waals surface area (Å²) in [6.07, 6.45) is 9.64. The highest BCUT2D eigenvalue weighted by Crippen LogP contribution is 2.34. The lowest BCUT2D eigenvalue weighted by atomic mass is 10.1. The minimum atomic E-state index is 0.835. The maximum absolute atomic E-state index is 3.57. The number of rotatable bonds is 6. The van der Waals surface area contributed by atoms with Crippen LogP contribution in [0.25, 0.3) is 0 Å². The Morgan fingerprint density at radius 3 is 2.39 bits per heavy atom. The largest absolute Gasteiger partial charge is 0.314 e. The van der Waals surface area contributed by atoms with Crippen LogP contribution in [0.5, 0.6) is 0 Å². The van der Waals surface area contributed by atoms with E-state index in [0.29, 0.717) is 0 Å². The fraction of sp³-hybridized carbons (Fsp3) is 0.625. The summed E-state index contributed by atoms with van der Waals surface area (Å²) in [5.41, 5.74) is 1.47. The average Bonchev–Trinajstić information content (AvgIpc) is 3.07. The number of nitrogens with one attached hydrogen (secondary N) is 1. The van der Waals surface area contributed by atoms with E-state index in [1.165, 1.54) is 55.4 Å². The van der Waals surface area contributed by atoms with Crippen LogP contribution in [0.1, 0.15) is 44.1 Å². The predicted octanol–water partition coefficient (Wildman–Crippen LogP) is 4.02. The first-order valence-corrected chi connectivity index (χ1v) is 8.27. The van der Waals surface area contributed by atoms with Gasteiger partial charge in [0.1, 0.15) is 0 Å². The third-order valence-electron chi connectivity index (χ3n) is 3.95. The molecule has 2 aliphatic rings. The van der Waals surface area contributed by atoms with Crippen LogP contribution in [-0.2, 0) is 6.42 Å². The van der Waals surface area contributed by atoms with Gasteiger partial charge in [0.25, 0.3) is 0 Å². The molecule has 2 fully saturated rings. The lowest BCUT2D eigenvalue weighted by Gasteiger charge is -2.09. The van der Waals surface area contributed by atoms with Crippen molar-refractivity contribution in [1.82, 2.24) is 5.32 Å². The summed E-state index contributed by atoms with van der Waals surface area (Å²) in [4.78, 5) is 1.46. The summed E-state index contributed by atoms with van der Waals surface area (Å²) in [5.74, 6) is 0. The summed E-state index contributed by atoms with van der Waals surface area (Å²) >= 11 is 2.08. The first-order chi connectivity index (χ1) is 8.90. The molecule has 1 aromatic carbocycles. The van der Waals surface area contributed by atoms with Gasteiger partial charge in [-0.05, 0) is 56.3 Å². The second kappa shape index (κ2) is 6.12. The fourth-order valence-corrected chi connectivity index (χ4v) is 3.89. The van der Waals surface area contributed by atoms with E-state index in [1.807, 2.05) is 0 Å². The molecule has 0 amide bonds. The van der Waals surface area contributed by atoms with Gasteiger partial charge in [-0.25, -0.2) is 0 Å². The fourth-order valence-electron chi connectivity index (χ4n) is 2.64. The summed E-state index contributed by atoms with van der Waals surface area (Å²) < 4.78 is 0. The first kappa shape index (κ1) is 12.6. The van der Waals surface area contributed by atoms with Gasteiger partial charge in [0.2, 0.25) is 0 Å². The molecule has 18 heavy (non-hydrogen) atoms. The van der Waals surface area contributed by atoms with Crippen molar-refractivity contribution in [3.63, 3.8) is 0 Å². The molecule has 98 valence electrons. The van der Waals surface area contributed by atoms with Crippen molar-refractivity contribution in [2.24, 2.45) is 0 Å². The Labute approximate surface area is 115 Å². The topological polar surface area (TPSA) is 12.0 Å². The molecule has 0 saturated heterocycles. The van der Waals surface area contributed by atoms with E-state index in [1.54, 1.807) is 0 Å². The summed E-state index contributed by atoms with van der Waals surface area (Å²) in [5, 5.41) is 4.46. The van der Waals surface area contributed by atoms with Crippen LogP contribution in [0, 0.1) is 0 Å². The van der Waals surface area contributed by atoms with Crippen LogP contribution in [-0.4, -0.2) is 17.8 Å². The third-order valence-corrected chi connectivity index (χ3v) is 5.30. The molecule has 1 nitrogen and oxygen atoms in total. The van der Waals surface area contributed by atoms with Gasteiger partial charge in [0.15, 0.2) is 0 Å². The normalized spacial score (nSPS) is 20.4. The smallest absolute Gasteiger partial charge is 0.00944 e. The van der Waals surface area contributed by atoms with Crippen molar-refractivity contribution < 1.29 is 0 Å². The van der Waals surface area contributed by atoms with E-state index in [2.05, 4.69) is 41.3 Å². The summed E-state index contributed by atoms with van der Waals surface area (Å²) in [6, 6.07) is 10.1. The third kappa shape index (κ3) is 3.76. The SMILES string of the molecule is c1cc(SC2CCCC2)ccc1CCNC1CC1. The molecule has 1 N–H and O–H groups in total. The predicted molar refractivity (Wildman–Crippen MR) is 79.3 cm³/mol. The zero-order valence-corrected chi connectivity index (χ0v) is 11.8. The maximum atomic E-state index is 3.57. The number of thioether (sulfide) groups is 1. The number of hydrogen-bond acceptors (Lipinski definition) is 2. The average molecular weight is 261 g/mol. The molecule has 0 atom stereocenters. The zero-order valence-electron chi connectivity index (χ0n) is 11.0. The number of hydrogen-bond donors (Lipinski definition) is 1. The van der Waals surface area contributed by atoms with Gasteiger partial charge < -0.3 is 5.32 Å². The highest BCUT2D eigenvalue weighted by molar-refractivity contribution is 8.00. The van der Waals surface area contributed by atoms with Gasteiger partial charge in [-0.2, -0.15) is 0 Å². The molecule has 2 saturated carbocycles. The van der Waals surface area contributed by atoms with Crippen LogP contribution < -0.4 is 5.32 Å². The van der Waals surface area contributed by atoms with Crippen LogP contribution >= 0.6 is 11.8 Å². The quantitative estimate of drug-likeness (QED) is 0.830. The summed E-state index contributed by atoms with van der Waals surface area (Å²) in [6.45, 7) is 1.14. The molecule has 0 radical (unpaired) electrons. The highest BCUT2D eigenvalue weighted by atomic mass is 32.2. The Hall–Kier alpha value is -0.470. The molecule has 0 unspecified atom stereocenters. The minimum absolute atomic E-state index is 0.835. The van der Waals surface area contributed by atoms with Crippen LogP contribution in [0.4, 0.5) is 0 Å². The lowest BCUT2D eigenvalue weighted by Crippen LogP contribution is -2.19. The van der Waals surface area contributed by atoms with Crippen molar-refractivity contribution in [3.05, 3.63) is 29.8 Å². The molecule has 1 aromatic rings. The molecular formula is C16H23NS. The van der Waals surface area contributed by atoms with Crippen molar-refractivity contribution in [2.45, 2.75) is 61.1 Å². The summed E-state index contributed by atoms with van der Waals surface area (Å²) in [7, 11) is 0. The van der Waals surface area contributed by atoms with E-state index >= 15 is 0 Å². The van der Waals surface area contributed by atoms with E-state index in [4.69, 9.17) is 0 Å². The van der Waals surface area contributed by atoms with E-state index < -0.39 is 0 Å². The van der Waals surface area contributed by atoms with Gasteiger partial charge >= 0.3 is 0 Å². The first-order valence-electron chi connectivity index (χ1n) is 7.39. The van der Waals surface area contributed by atoms with Crippen molar-refractivity contribution in [1.29, 1.82) is 0 Å². The molecule has 0 bridgehead atoms. The van der Waals surface area contributed by atoms with E-state index in [9.17, 15) is 0 Å². The molecule has 2 heteroatoms. The molecule has 2 aliphatic carbocycles. The zero-order chi connectivity index (χ0) is 12.2. The van der Waals surface area contributed by atoms with Crippen molar-refractivity contribution in [2.75, 3.05) is 6.54 Å². The van der Waals surface area contributed by atoms with E-state index in [0.717, 1.165) is 17.8 Å². The molecule has 0 spiro atoms. The molecule has 3 rings (SSSR count). The monoisotopic (exact) mass is 261 g/mol. The van der Waals surface area contributed by atoms with Gasteiger partial charge in [0.05, 0.1) is 0 Å².